The molecule has 0 aliphatic heterocycles. The average molecular weight is 375 g/mol. The van der Waals surface area contributed by atoms with Crippen molar-refractivity contribution in [3.8, 4) is 0 Å². The van der Waals surface area contributed by atoms with Gasteiger partial charge in [0.05, 0.1) is 11.4 Å². The summed E-state index contributed by atoms with van der Waals surface area (Å²) in [6.07, 6.45) is 0. The second kappa shape index (κ2) is 8.82. The van der Waals surface area contributed by atoms with Gasteiger partial charge in [-0.3, -0.25) is 4.79 Å². The summed E-state index contributed by atoms with van der Waals surface area (Å²) in [5.74, 6) is -0.167. The van der Waals surface area contributed by atoms with Gasteiger partial charge in [0.2, 0.25) is 15.9 Å². The smallest absolute Gasteiger partial charge is 0.243 e. The molecule has 0 saturated heterocycles. The minimum Gasteiger partial charge on any atom is -0.376 e. The second-order valence-corrected chi connectivity index (χ2v) is 7.77. The first-order chi connectivity index (χ1) is 12.4. The molecule has 0 atom stereocenters. The van der Waals surface area contributed by atoms with Gasteiger partial charge in [0, 0.05) is 24.5 Å². The molecule has 0 spiro atoms. The van der Waals surface area contributed by atoms with E-state index in [2.05, 4.69) is 10.6 Å². The third kappa shape index (κ3) is 4.83. The number of nitrogens with zero attached hydrogens (tertiary/aromatic N) is 1. The molecule has 0 radical (unpaired) electrons. The molecule has 0 saturated carbocycles. The van der Waals surface area contributed by atoms with Crippen LogP contribution in [0.5, 0.6) is 0 Å². The average Bonchev–Trinajstić information content (AvgIpc) is 2.63. The highest BCUT2D eigenvalue weighted by molar-refractivity contribution is 7.89. The quantitative estimate of drug-likeness (QED) is 0.743. The maximum Gasteiger partial charge on any atom is 0.243 e. The Labute approximate surface area is 155 Å². The second-order valence-electron chi connectivity index (χ2n) is 5.83. The molecule has 2 N–H and O–H groups in total. The number of benzene rings is 2. The SMILES string of the molecule is CCN(CC)S(=O)(=O)c1ccc(NCC(=O)Nc2ccccc2C)cc1. The highest BCUT2D eigenvalue weighted by atomic mass is 32.2. The van der Waals surface area contributed by atoms with E-state index in [1.165, 1.54) is 4.31 Å². The Morgan fingerprint density at radius 3 is 2.19 bits per heavy atom. The predicted octanol–water partition coefficient (Wildman–Crippen LogP) is 3.08. The first kappa shape index (κ1) is 19.9. The van der Waals surface area contributed by atoms with E-state index in [0.29, 0.717) is 18.8 Å². The summed E-state index contributed by atoms with van der Waals surface area (Å²) in [5.41, 5.74) is 2.45. The molecular weight excluding hydrogens is 350 g/mol. The zero-order valence-electron chi connectivity index (χ0n) is 15.3. The van der Waals surface area contributed by atoms with Gasteiger partial charge in [-0.15, -0.1) is 0 Å². The summed E-state index contributed by atoms with van der Waals surface area (Å²) >= 11 is 0. The fourth-order valence-corrected chi connectivity index (χ4v) is 4.01. The van der Waals surface area contributed by atoms with E-state index < -0.39 is 10.0 Å². The topological polar surface area (TPSA) is 78.5 Å². The van der Waals surface area contributed by atoms with Gasteiger partial charge in [-0.25, -0.2) is 8.42 Å². The van der Waals surface area contributed by atoms with Crippen LogP contribution < -0.4 is 10.6 Å². The van der Waals surface area contributed by atoms with Crippen LogP contribution in [0.25, 0.3) is 0 Å². The molecule has 1 amide bonds. The van der Waals surface area contributed by atoms with Crippen molar-refractivity contribution in [1.29, 1.82) is 0 Å². The maximum absolute atomic E-state index is 12.4. The van der Waals surface area contributed by atoms with E-state index in [1.54, 1.807) is 24.3 Å². The van der Waals surface area contributed by atoms with Gasteiger partial charge in [-0.2, -0.15) is 4.31 Å². The van der Waals surface area contributed by atoms with Gasteiger partial charge in [0.25, 0.3) is 0 Å². The fourth-order valence-electron chi connectivity index (χ4n) is 2.55. The van der Waals surface area contributed by atoms with Crippen LogP contribution >= 0.6 is 0 Å². The Hall–Kier alpha value is -2.38. The van der Waals surface area contributed by atoms with Crippen molar-refractivity contribution in [2.24, 2.45) is 0 Å². The van der Waals surface area contributed by atoms with Gasteiger partial charge in [0.1, 0.15) is 0 Å². The van der Waals surface area contributed by atoms with E-state index in [4.69, 9.17) is 0 Å². The third-order valence-corrected chi connectivity index (χ3v) is 6.13. The van der Waals surface area contributed by atoms with Crippen LogP contribution in [0.1, 0.15) is 19.4 Å². The number of nitrogens with one attached hydrogen (secondary N) is 2. The van der Waals surface area contributed by atoms with Crippen molar-refractivity contribution >= 4 is 27.3 Å². The first-order valence-electron chi connectivity index (χ1n) is 8.58. The number of carbonyl (C=O) groups excluding carboxylic acids is 1. The Bertz CT molecular complexity index is 845. The summed E-state index contributed by atoms with van der Waals surface area (Å²) in [6, 6.07) is 14.0. The summed E-state index contributed by atoms with van der Waals surface area (Å²) in [6.45, 7) is 6.50. The molecule has 7 heteroatoms. The standard InChI is InChI=1S/C19H25N3O3S/c1-4-22(5-2)26(24,25)17-12-10-16(11-13-17)20-14-19(23)21-18-9-7-6-8-15(18)3/h6-13,20H,4-5,14H2,1-3H3,(H,21,23). The Balaban J connectivity index is 1.97. The van der Waals surface area contributed by atoms with Crippen LogP contribution in [0.2, 0.25) is 0 Å². The lowest BCUT2D eigenvalue weighted by atomic mass is 10.2. The van der Waals surface area contributed by atoms with E-state index >= 15 is 0 Å². The molecule has 0 aliphatic rings. The lowest BCUT2D eigenvalue weighted by Crippen LogP contribution is -2.30. The number of hydrogen-bond acceptors (Lipinski definition) is 4. The number of hydrogen-bond donors (Lipinski definition) is 2. The number of carbonyl (C=O) groups is 1. The highest BCUT2D eigenvalue weighted by Crippen LogP contribution is 2.18. The summed E-state index contributed by atoms with van der Waals surface area (Å²) in [5, 5.41) is 5.84. The minimum absolute atomic E-state index is 0.0937. The molecule has 6 nitrogen and oxygen atoms in total. The monoisotopic (exact) mass is 375 g/mol. The van der Waals surface area contributed by atoms with Crippen molar-refractivity contribution in [3.63, 3.8) is 0 Å². The maximum atomic E-state index is 12.4. The van der Waals surface area contributed by atoms with Crippen LogP contribution in [0.4, 0.5) is 11.4 Å². The largest absolute Gasteiger partial charge is 0.376 e. The molecule has 0 unspecified atom stereocenters. The van der Waals surface area contributed by atoms with Crippen LogP contribution in [-0.4, -0.2) is 38.3 Å². The molecule has 2 rings (SSSR count). The number of sulfonamides is 1. The Morgan fingerprint density at radius 1 is 1.00 bits per heavy atom. The molecule has 0 bridgehead atoms. The highest BCUT2D eigenvalue weighted by Gasteiger charge is 2.21. The van der Waals surface area contributed by atoms with Gasteiger partial charge in [-0.1, -0.05) is 32.0 Å². The van der Waals surface area contributed by atoms with Gasteiger partial charge in [-0.05, 0) is 42.8 Å². The van der Waals surface area contributed by atoms with Crippen molar-refractivity contribution < 1.29 is 13.2 Å². The fraction of sp³-hybridized carbons (Fsp3) is 0.316. The number of para-hydroxylation sites is 1. The molecule has 2 aromatic carbocycles. The first-order valence-corrected chi connectivity index (χ1v) is 10.0. The van der Waals surface area contributed by atoms with E-state index in [9.17, 15) is 13.2 Å². The van der Waals surface area contributed by atoms with Gasteiger partial charge >= 0.3 is 0 Å². The van der Waals surface area contributed by atoms with Crippen LogP contribution in [0.3, 0.4) is 0 Å². The lowest BCUT2D eigenvalue weighted by Gasteiger charge is -2.18. The lowest BCUT2D eigenvalue weighted by molar-refractivity contribution is -0.114. The van der Waals surface area contributed by atoms with E-state index in [1.807, 2.05) is 45.0 Å². The number of aryl methyl sites for hydroxylation is 1. The molecule has 140 valence electrons. The van der Waals surface area contributed by atoms with Gasteiger partial charge < -0.3 is 10.6 Å². The summed E-state index contributed by atoms with van der Waals surface area (Å²) < 4.78 is 26.3. The summed E-state index contributed by atoms with van der Waals surface area (Å²) in [4.78, 5) is 12.3. The zero-order valence-corrected chi connectivity index (χ0v) is 16.1. The normalized spacial score (nSPS) is 11.4. The molecule has 2 aromatic rings. The molecule has 26 heavy (non-hydrogen) atoms. The predicted molar refractivity (Wildman–Crippen MR) is 105 cm³/mol. The van der Waals surface area contributed by atoms with Crippen molar-refractivity contribution in [3.05, 3.63) is 54.1 Å². The van der Waals surface area contributed by atoms with E-state index in [0.717, 1.165) is 11.3 Å². The Morgan fingerprint density at radius 2 is 1.62 bits per heavy atom. The zero-order chi connectivity index (χ0) is 19.2. The van der Waals surface area contributed by atoms with Crippen molar-refractivity contribution in [2.45, 2.75) is 25.7 Å². The van der Waals surface area contributed by atoms with Crippen molar-refractivity contribution in [1.82, 2.24) is 4.31 Å². The number of amides is 1. The molecule has 0 aliphatic carbocycles. The third-order valence-electron chi connectivity index (χ3n) is 4.07. The molecule has 0 fully saturated rings. The van der Waals surface area contributed by atoms with Gasteiger partial charge in [0.15, 0.2) is 0 Å². The molecule has 0 heterocycles. The minimum atomic E-state index is -3.47. The number of rotatable bonds is 8. The number of anilines is 2. The summed E-state index contributed by atoms with van der Waals surface area (Å²) in [7, 11) is -3.47. The Kier molecular flexibility index (Phi) is 6.76. The van der Waals surface area contributed by atoms with Crippen molar-refractivity contribution in [2.75, 3.05) is 30.3 Å². The molecular formula is C19H25N3O3S. The van der Waals surface area contributed by atoms with Crippen LogP contribution in [0.15, 0.2) is 53.4 Å². The van der Waals surface area contributed by atoms with Crippen LogP contribution in [0, 0.1) is 6.92 Å². The van der Waals surface area contributed by atoms with Crippen LogP contribution in [-0.2, 0) is 14.8 Å². The van der Waals surface area contributed by atoms with E-state index in [-0.39, 0.29) is 17.3 Å². The molecule has 0 aromatic heterocycles.